The quantitative estimate of drug-likeness (QED) is 0.798. The highest BCUT2D eigenvalue weighted by Gasteiger charge is 2.27. The molecule has 2 N–H and O–H groups in total. The van der Waals surface area contributed by atoms with Gasteiger partial charge in [0, 0.05) is 18.6 Å². The summed E-state index contributed by atoms with van der Waals surface area (Å²) in [6, 6.07) is 1.23. The zero-order valence-corrected chi connectivity index (χ0v) is 14.4. The van der Waals surface area contributed by atoms with Gasteiger partial charge in [0.2, 0.25) is 0 Å². The molecule has 1 aliphatic carbocycles. The Morgan fingerprint density at radius 2 is 1.29 bits per heavy atom. The normalized spacial score (nSPS) is 30.3. The Labute approximate surface area is 132 Å². The summed E-state index contributed by atoms with van der Waals surface area (Å²) in [5, 5.41) is 0. The molecule has 1 aliphatic heterocycles. The monoisotopic (exact) mass is 294 g/mol. The molecule has 2 nitrogen and oxygen atoms in total. The summed E-state index contributed by atoms with van der Waals surface area (Å²) in [4.78, 5) is 2.81. The summed E-state index contributed by atoms with van der Waals surface area (Å²) in [5.41, 5.74) is 6.17. The molecule has 1 saturated carbocycles. The average molecular weight is 295 g/mol. The van der Waals surface area contributed by atoms with Crippen molar-refractivity contribution in [2.24, 2.45) is 11.7 Å². The van der Waals surface area contributed by atoms with Crippen LogP contribution in [-0.2, 0) is 0 Å². The van der Waals surface area contributed by atoms with Gasteiger partial charge in [-0.1, -0.05) is 57.8 Å². The Bertz CT molecular complexity index is 252. The van der Waals surface area contributed by atoms with Crippen molar-refractivity contribution in [1.29, 1.82) is 0 Å². The number of rotatable bonds is 2. The van der Waals surface area contributed by atoms with E-state index in [4.69, 9.17) is 5.73 Å². The third-order valence-corrected chi connectivity index (χ3v) is 5.82. The summed E-state index contributed by atoms with van der Waals surface area (Å²) in [5.74, 6) is 0.736. The topological polar surface area (TPSA) is 29.3 Å². The van der Waals surface area contributed by atoms with E-state index in [0.717, 1.165) is 12.0 Å². The number of likely N-dealkylation sites (tertiary alicyclic amines) is 1. The molecule has 21 heavy (non-hydrogen) atoms. The number of hydrogen-bond acceptors (Lipinski definition) is 2. The lowest BCUT2D eigenvalue weighted by molar-refractivity contribution is 0.0994. The predicted octanol–water partition coefficient (Wildman–Crippen LogP) is 4.72. The average Bonchev–Trinajstić information content (AvgIpc) is 2.48. The van der Waals surface area contributed by atoms with Crippen molar-refractivity contribution >= 4 is 0 Å². The van der Waals surface area contributed by atoms with Gasteiger partial charge in [-0.05, 0) is 45.1 Å². The Morgan fingerprint density at radius 3 is 1.81 bits per heavy atom. The highest BCUT2D eigenvalue weighted by Crippen LogP contribution is 2.26. The van der Waals surface area contributed by atoms with Crippen LogP contribution in [0.15, 0.2) is 0 Å². The van der Waals surface area contributed by atoms with E-state index in [0.29, 0.717) is 6.04 Å². The molecule has 1 saturated heterocycles. The van der Waals surface area contributed by atoms with Crippen molar-refractivity contribution in [3.05, 3.63) is 0 Å². The van der Waals surface area contributed by atoms with Crippen LogP contribution < -0.4 is 5.73 Å². The summed E-state index contributed by atoms with van der Waals surface area (Å²) >= 11 is 0. The third kappa shape index (κ3) is 6.28. The lowest BCUT2D eigenvalue weighted by Crippen LogP contribution is -2.47. The summed E-state index contributed by atoms with van der Waals surface area (Å²) < 4.78 is 0. The molecule has 124 valence electrons. The SMILES string of the molecule is CC(N)C1CCCN(C2CCCCCCCCCCC2)C1. The maximum absolute atomic E-state index is 6.17. The van der Waals surface area contributed by atoms with Crippen molar-refractivity contribution in [2.75, 3.05) is 13.1 Å². The zero-order chi connectivity index (χ0) is 14.9. The van der Waals surface area contributed by atoms with E-state index < -0.39 is 0 Å². The second kappa shape index (κ2) is 9.84. The minimum Gasteiger partial charge on any atom is -0.328 e. The molecular weight excluding hydrogens is 256 g/mol. The zero-order valence-electron chi connectivity index (χ0n) is 14.4. The summed E-state index contributed by atoms with van der Waals surface area (Å²) in [6.07, 6.45) is 18.8. The van der Waals surface area contributed by atoms with E-state index in [1.807, 2.05) is 0 Å². The molecule has 2 fully saturated rings. The van der Waals surface area contributed by atoms with Crippen LogP contribution in [0.1, 0.15) is 90.4 Å². The van der Waals surface area contributed by atoms with E-state index in [1.54, 1.807) is 0 Å². The van der Waals surface area contributed by atoms with Gasteiger partial charge in [-0.2, -0.15) is 0 Å². The number of nitrogens with zero attached hydrogens (tertiary/aromatic N) is 1. The molecule has 0 bridgehead atoms. The van der Waals surface area contributed by atoms with Gasteiger partial charge in [0.15, 0.2) is 0 Å². The first kappa shape index (κ1) is 17.3. The van der Waals surface area contributed by atoms with Gasteiger partial charge in [-0.25, -0.2) is 0 Å². The van der Waals surface area contributed by atoms with Gasteiger partial charge < -0.3 is 10.6 Å². The fourth-order valence-corrected chi connectivity index (χ4v) is 4.31. The maximum atomic E-state index is 6.17. The molecular formula is C19H38N2. The highest BCUT2D eigenvalue weighted by molar-refractivity contribution is 4.83. The fraction of sp³-hybridized carbons (Fsp3) is 1.00. The van der Waals surface area contributed by atoms with Gasteiger partial charge >= 0.3 is 0 Å². The number of piperidine rings is 1. The Balaban J connectivity index is 1.84. The van der Waals surface area contributed by atoms with Crippen LogP contribution in [0.25, 0.3) is 0 Å². The number of hydrogen-bond donors (Lipinski definition) is 1. The minimum atomic E-state index is 0.374. The minimum absolute atomic E-state index is 0.374. The largest absolute Gasteiger partial charge is 0.328 e. The molecule has 2 heteroatoms. The molecule has 0 amide bonds. The Morgan fingerprint density at radius 1 is 0.762 bits per heavy atom. The lowest BCUT2D eigenvalue weighted by Gasteiger charge is -2.40. The van der Waals surface area contributed by atoms with Crippen LogP contribution >= 0.6 is 0 Å². The van der Waals surface area contributed by atoms with Gasteiger partial charge in [0.1, 0.15) is 0 Å². The Hall–Kier alpha value is -0.0800. The van der Waals surface area contributed by atoms with Crippen molar-refractivity contribution < 1.29 is 0 Å². The first-order valence-electron chi connectivity index (χ1n) is 9.77. The molecule has 0 spiro atoms. The van der Waals surface area contributed by atoms with E-state index >= 15 is 0 Å². The molecule has 2 aliphatic rings. The molecule has 0 aromatic carbocycles. The van der Waals surface area contributed by atoms with Gasteiger partial charge in [-0.3, -0.25) is 0 Å². The number of nitrogens with two attached hydrogens (primary N) is 1. The van der Waals surface area contributed by atoms with E-state index in [1.165, 1.54) is 96.6 Å². The first-order valence-corrected chi connectivity index (χ1v) is 9.77. The van der Waals surface area contributed by atoms with Gasteiger partial charge in [0.25, 0.3) is 0 Å². The molecule has 0 aromatic heterocycles. The standard InChI is InChI=1S/C19H38N2/c1-17(20)18-12-11-15-21(16-18)19-13-9-7-5-3-2-4-6-8-10-14-19/h17-19H,2-16,20H2,1H3. The van der Waals surface area contributed by atoms with E-state index in [-0.39, 0.29) is 0 Å². The first-order chi connectivity index (χ1) is 10.3. The molecule has 2 rings (SSSR count). The third-order valence-electron chi connectivity index (χ3n) is 5.82. The van der Waals surface area contributed by atoms with Crippen LogP contribution in [0.3, 0.4) is 0 Å². The lowest BCUT2D eigenvalue weighted by atomic mass is 9.89. The van der Waals surface area contributed by atoms with Crippen LogP contribution in [-0.4, -0.2) is 30.1 Å². The molecule has 2 atom stereocenters. The van der Waals surface area contributed by atoms with Crippen LogP contribution in [0.2, 0.25) is 0 Å². The smallest absolute Gasteiger partial charge is 0.00953 e. The Kier molecular flexibility index (Phi) is 8.10. The van der Waals surface area contributed by atoms with Crippen molar-refractivity contribution in [3.63, 3.8) is 0 Å². The highest BCUT2D eigenvalue weighted by atomic mass is 15.2. The van der Waals surface area contributed by atoms with Crippen molar-refractivity contribution in [2.45, 2.75) is 102 Å². The second-order valence-corrected chi connectivity index (χ2v) is 7.67. The second-order valence-electron chi connectivity index (χ2n) is 7.67. The van der Waals surface area contributed by atoms with Crippen molar-refractivity contribution in [1.82, 2.24) is 4.90 Å². The van der Waals surface area contributed by atoms with E-state index in [9.17, 15) is 0 Å². The van der Waals surface area contributed by atoms with Crippen LogP contribution in [0.4, 0.5) is 0 Å². The van der Waals surface area contributed by atoms with Gasteiger partial charge in [-0.15, -0.1) is 0 Å². The molecule has 0 aromatic rings. The molecule has 2 unspecified atom stereocenters. The summed E-state index contributed by atoms with van der Waals surface area (Å²) in [6.45, 7) is 4.80. The van der Waals surface area contributed by atoms with Crippen molar-refractivity contribution in [3.8, 4) is 0 Å². The molecule has 0 radical (unpaired) electrons. The predicted molar refractivity (Wildman–Crippen MR) is 92.5 cm³/mol. The maximum Gasteiger partial charge on any atom is 0.00953 e. The fourth-order valence-electron chi connectivity index (χ4n) is 4.31. The van der Waals surface area contributed by atoms with E-state index in [2.05, 4.69) is 11.8 Å². The van der Waals surface area contributed by atoms with Crippen LogP contribution in [0, 0.1) is 5.92 Å². The van der Waals surface area contributed by atoms with Gasteiger partial charge in [0.05, 0.1) is 0 Å². The summed E-state index contributed by atoms with van der Waals surface area (Å²) in [7, 11) is 0. The van der Waals surface area contributed by atoms with Crippen LogP contribution in [0.5, 0.6) is 0 Å². The molecule has 1 heterocycles.